The number of benzene rings is 3. The molecule has 0 aliphatic rings. The van der Waals surface area contributed by atoms with E-state index in [1.54, 1.807) is 60.7 Å². The van der Waals surface area contributed by atoms with Crippen molar-refractivity contribution in [3.05, 3.63) is 81.1 Å². The van der Waals surface area contributed by atoms with Crippen LogP contribution in [0.25, 0.3) is 10.1 Å². The highest BCUT2D eigenvalue weighted by molar-refractivity contribution is 9.10. The molecule has 0 saturated heterocycles. The predicted octanol–water partition coefficient (Wildman–Crippen LogP) is 6.40. The van der Waals surface area contributed by atoms with Crippen molar-refractivity contribution in [1.29, 1.82) is 0 Å². The Bertz CT molecular complexity index is 1450. The van der Waals surface area contributed by atoms with Crippen molar-refractivity contribution in [2.24, 2.45) is 0 Å². The summed E-state index contributed by atoms with van der Waals surface area (Å²) in [4.78, 5) is 13.4. The molecule has 0 saturated carbocycles. The van der Waals surface area contributed by atoms with Crippen molar-refractivity contribution in [2.75, 3.05) is 23.8 Å². The Morgan fingerprint density at radius 3 is 2.45 bits per heavy atom. The molecule has 0 unspecified atom stereocenters. The van der Waals surface area contributed by atoms with Gasteiger partial charge in [0.05, 0.1) is 27.6 Å². The van der Waals surface area contributed by atoms with Gasteiger partial charge in [-0.3, -0.25) is 9.10 Å². The van der Waals surface area contributed by atoms with E-state index in [1.807, 2.05) is 6.07 Å². The number of anilines is 2. The third-order valence-corrected chi connectivity index (χ3v) is 8.71. The van der Waals surface area contributed by atoms with Crippen LogP contribution in [0.5, 0.6) is 5.75 Å². The number of carbonyl (C=O) groups is 1. The molecule has 33 heavy (non-hydrogen) atoms. The van der Waals surface area contributed by atoms with Crippen molar-refractivity contribution in [3.8, 4) is 5.75 Å². The van der Waals surface area contributed by atoms with Gasteiger partial charge in [-0.1, -0.05) is 27.5 Å². The Hall–Kier alpha value is -2.59. The maximum Gasteiger partial charge on any atom is 0.265 e. The number of thiophene rings is 1. The van der Waals surface area contributed by atoms with Gasteiger partial charge in [0.15, 0.2) is 0 Å². The van der Waals surface area contributed by atoms with E-state index in [4.69, 9.17) is 16.3 Å². The average Bonchev–Trinajstić information content (AvgIpc) is 3.22. The summed E-state index contributed by atoms with van der Waals surface area (Å²) in [6, 6.07) is 18.5. The molecule has 0 radical (unpaired) electrons. The molecule has 4 aromatic rings. The molecular formula is C23H18BrClN2O4S2. The minimum Gasteiger partial charge on any atom is -0.495 e. The summed E-state index contributed by atoms with van der Waals surface area (Å²) in [6.07, 6.45) is 0. The highest BCUT2D eigenvalue weighted by Crippen LogP contribution is 2.32. The van der Waals surface area contributed by atoms with Gasteiger partial charge in [0.1, 0.15) is 5.75 Å². The molecule has 0 atom stereocenters. The van der Waals surface area contributed by atoms with Crippen LogP contribution in [0.1, 0.15) is 9.67 Å². The number of nitrogens with zero attached hydrogens (tertiary/aromatic N) is 1. The molecule has 0 bridgehead atoms. The molecule has 170 valence electrons. The van der Waals surface area contributed by atoms with Crippen LogP contribution in [0.2, 0.25) is 5.02 Å². The van der Waals surface area contributed by atoms with E-state index in [2.05, 4.69) is 21.2 Å². The zero-order valence-corrected chi connectivity index (χ0v) is 21.5. The maximum atomic E-state index is 13.0. The number of nitrogens with one attached hydrogen (secondary N) is 1. The Balaban J connectivity index is 1.58. The zero-order chi connectivity index (χ0) is 23.8. The molecule has 1 heterocycles. The van der Waals surface area contributed by atoms with Crippen LogP contribution < -0.4 is 14.4 Å². The highest BCUT2D eigenvalue weighted by atomic mass is 79.9. The number of methoxy groups -OCH3 is 1. The van der Waals surface area contributed by atoms with Crippen LogP contribution in [-0.4, -0.2) is 28.5 Å². The maximum absolute atomic E-state index is 13.0. The van der Waals surface area contributed by atoms with Crippen LogP contribution in [-0.2, 0) is 10.0 Å². The molecule has 10 heteroatoms. The summed E-state index contributed by atoms with van der Waals surface area (Å²) < 4.78 is 34.0. The first-order valence-corrected chi connectivity index (χ1v) is 13.0. The van der Waals surface area contributed by atoms with Gasteiger partial charge in [-0.15, -0.1) is 11.3 Å². The van der Waals surface area contributed by atoms with Gasteiger partial charge in [0, 0.05) is 21.9 Å². The summed E-state index contributed by atoms with van der Waals surface area (Å²) in [5.41, 5.74) is 1.04. The zero-order valence-electron chi connectivity index (χ0n) is 17.5. The van der Waals surface area contributed by atoms with E-state index >= 15 is 0 Å². The second kappa shape index (κ2) is 9.34. The van der Waals surface area contributed by atoms with E-state index in [-0.39, 0.29) is 10.8 Å². The van der Waals surface area contributed by atoms with Crippen molar-refractivity contribution in [3.63, 3.8) is 0 Å². The summed E-state index contributed by atoms with van der Waals surface area (Å²) in [6.45, 7) is 0. The minimum atomic E-state index is -3.72. The van der Waals surface area contributed by atoms with Crippen molar-refractivity contribution in [1.82, 2.24) is 0 Å². The Morgan fingerprint density at radius 2 is 1.79 bits per heavy atom. The van der Waals surface area contributed by atoms with E-state index in [0.29, 0.717) is 27.0 Å². The first-order valence-electron chi connectivity index (χ1n) is 9.62. The lowest BCUT2D eigenvalue weighted by Gasteiger charge is -2.19. The van der Waals surface area contributed by atoms with Gasteiger partial charge >= 0.3 is 0 Å². The minimum absolute atomic E-state index is 0.192. The molecule has 1 amide bonds. The second-order valence-electron chi connectivity index (χ2n) is 7.06. The number of hydrogen-bond donors (Lipinski definition) is 1. The SMILES string of the molecule is COc1ccc(NC(=O)c2cc3cc(N(C)S(=O)(=O)c4ccc(Br)cc4)ccc3s2)cc1Cl. The van der Waals surface area contributed by atoms with Crippen molar-refractivity contribution >= 4 is 76.3 Å². The van der Waals surface area contributed by atoms with Crippen LogP contribution in [0.15, 0.2) is 76.1 Å². The molecule has 6 nitrogen and oxygen atoms in total. The number of carbonyl (C=O) groups excluding carboxylic acids is 1. The highest BCUT2D eigenvalue weighted by Gasteiger charge is 2.22. The van der Waals surface area contributed by atoms with Crippen molar-refractivity contribution in [2.45, 2.75) is 4.90 Å². The molecule has 4 rings (SSSR count). The fourth-order valence-corrected chi connectivity index (χ4v) is 5.83. The Kier molecular flexibility index (Phi) is 6.67. The smallest absolute Gasteiger partial charge is 0.265 e. The first-order chi connectivity index (χ1) is 15.7. The fraction of sp³-hybridized carbons (Fsp3) is 0.0870. The second-order valence-corrected chi connectivity index (χ2v) is 11.4. The number of sulfonamides is 1. The quantitative estimate of drug-likeness (QED) is 0.293. The molecule has 3 aromatic carbocycles. The molecule has 0 spiro atoms. The predicted molar refractivity (Wildman–Crippen MR) is 138 cm³/mol. The largest absolute Gasteiger partial charge is 0.495 e. The van der Waals surface area contributed by atoms with Gasteiger partial charge in [-0.25, -0.2) is 8.42 Å². The monoisotopic (exact) mass is 564 g/mol. The average molecular weight is 566 g/mol. The molecule has 0 aliphatic carbocycles. The van der Waals surface area contributed by atoms with Gasteiger partial charge in [-0.05, 0) is 72.1 Å². The number of halogens is 2. The Morgan fingerprint density at radius 1 is 1.06 bits per heavy atom. The molecular weight excluding hydrogens is 548 g/mol. The molecule has 0 aliphatic heterocycles. The summed E-state index contributed by atoms with van der Waals surface area (Å²) in [5.74, 6) is 0.237. The summed E-state index contributed by atoms with van der Waals surface area (Å²) >= 11 is 10.8. The lowest BCUT2D eigenvalue weighted by molar-refractivity contribution is 0.103. The normalized spacial score (nSPS) is 11.4. The van der Waals surface area contributed by atoms with Gasteiger partial charge in [-0.2, -0.15) is 0 Å². The van der Waals surface area contributed by atoms with E-state index < -0.39 is 10.0 Å². The van der Waals surface area contributed by atoms with E-state index in [0.717, 1.165) is 14.6 Å². The number of fused-ring (bicyclic) bond motifs is 1. The van der Waals surface area contributed by atoms with Crippen LogP contribution in [0.4, 0.5) is 11.4 Å². The molecule has 1 aromatic heterocycles. The number of hydrogen-bond acceptors (Lipinski definition) is 5. The first kappa shape index (κ1) is 23.6. The van der Waals surface area contributed by atoms with Crippen molar-refractivity contribution < 1.29 is 17.9 Å². The number of rotatable bonds is 6. The van der Waals surface area contributed by atoms with E-state index in [9.17, 15) is 13.2 Å². The van der Waals surface area contributed by atoms with Gasteiger partial charge in [0.25, 0.3) is 15.9 Å². The molecule has 1 N–H and O–H groups in total. The van der Waals surface area contributed by atoms with Gasteiger partial charge in [0.2, 0.25) is 0 Å². The number of amides is 1. The lowest BCUT2D eigenvalue weighted by Crippen LogP contribution is -2.26. The molecule has 0 fully saturated rings. The summed E-state index contributed by atoms with van der Waals surface area (Å²) in [5, 5.41) is 3.99. The van der Waals surface area contributed by atoms with Gasteiger partial charge < -0.3 is 10.1 Å². The summed E-state index contributed by atoms with van der Waals surface area (Å²) in [7, 11) is -0.697. The third kappa shape index (κ3) is 4.86. The lowest BCUT2D eigenvalue weighted by atomic mass is 10.2. The number of ether oxygens (including phenoxy) is 1. The van der Waals surface area contributed by atoms with Crippen LogP contribution in [0, 0.1) is 0 Å². The van der Waals surface area contributed by atoms with Crippen LogP contribution >= 0.6 is 38.9 Å². The fourth-order valence-electron chi connectivity index (χ4n) is 3.18. The topological polar surface area (TPSA) is 75.7 Å². The van der Waals surface area contributed by atoms with Crippen LogP contribution in [0.3, 0.4) is 0 Å². The third-order valence-electron chi connectivity index (χ3n) is 4.97. The standard InChI is InChI=1S/C23H18BrClN2O4S2/c1-27(33(29,30)18-7-3-15(24)4-8-18)17-6-10-21-14(11-17)12-22(32-21)23(28)26-16-5-9-20(31-2)19(25)13-16/h3-13H,1-2H3,(H,26,28). The Labute approximate surface area is 208 Å². The van der Waals surface area contributed by atoms with E-state index in [1.165, 1.54) is 29.8 Å².